The summed E-state index contributed by atoms with van der Waals surface area (Å²) in [6, 6.07) is 0. The maximum Gasteiger partial charge on any atom is 0.306 e. The van der Waals surface area contributed by atoms with Gasteiger partial charge in [0.2, 0.25) is 0 Å². The van der Waals surface area contributed by atoms with Crippen LogP contribution in [0.2, 0.25) is 0 Å². The van der Waals surface area contributed by atoms with Crippen LogP contribution in [0.4, 0.5) is 0 Å². The summed E-state index contributed by atoms with van der Waals surface area (Å²) in [4.78, 5) is 53.3. The van der Waals surface area contributed by atoms with Gasteiger partial charge in [0, 0.05) is 51.4 Å². The van der Waals surface area contributed by atoms with Crippen molar-refractivity contribution in [2.24, 2.45) is 23.2 Å². The first-order valence-electron chi connectivity index (χ1n) is 46.0. The number of ether oxygens (including phenoxy) is 4. The number of rotatable bonds is 68. The molecule has 9 heteroatoms. The highest BCUT2D eigenvalue weighted by molar-refractivity contribution is 5.71. The minimum atomic E-state index is -0.624. The molecule has 0 heterocycles. The predicted octanol–water partition coefficient (Wildman–Crippen LogP) is 29.6. The van der Waals surface area contributed by atoms with Gasteiger partial charge in [0.25, 0.3) is 0 Å². The van der Waals surface area contributed by atoms with Crippen molar-refractivity contribution in [2.45, 2.75) is 471 Å². The van der Waals surface area contributed by atoms with E-state index in [1.54, 1.807) is 0 Å². The van der Waals surface area contributed by atoms with Gasteiger partial charge in [0.15, 0.2) is 0 Å². The van der Waals surface area contributed by atoms with Gasteiger partial charge in [-0.25, -0.2) is 0 Å². The molecule has 0 aromatic carbocycles. The average molecular weight is 1500 g/mol. The first-order valence-corrected chi connectivity index (χ1v) is 46.0. The Morgan fingerprint density at radius 1 is 0.472 bits per heavy atom. The summed E-state index contributed by atoms with van der Waals surface area (Å²) in [5.41, 5.74) is 3.00. The van der Waals surface area contributed by atoms with E-state index in [4.69, 9.17) is 18.9 Å². The molecule has 618 valence electrons. The Hall–Kier alpha value is -4.50. The van der Waals surface area contributed by atoms with Crippen LogP contribution in [-0.4, -0.2) is 59.0 Å². The Morgan fingerprint density at radius 2 is 0.861 bits per heavy atom. The molecule has 3 saturated carbocycles. The molecule has 3 fully saturated rings. The molecule has 3 rings (SSSR count). The largest absolute Gasteiger partial charge is 0.462 e. The third-order valence-corrected chi connectivity index (χ3v) is 23.6. The lowest BCUT2D eigenvalue weighted by atomic mass is 9.60. The highest BCUT2D eigenvalue weighted by Crippen LogP contribution is 2.60. The summed E-state index contributed by atoms with van der Waals surface area (Å²) in [5.74, 6) is 1.34. The van der Waals surface area contributed by atoms with Crippen molar-refractivity contribution in [3.63, 3.8) is 0 Å². The van der Waals surface area contributed by atoms with Crippen LogP contribution < -0.4 is 0 Å². The van der Waals surface area contributed by atoms with Crippen molar-refractivity contribution in [3.05, 3.63) is 108 Å². The van der Waals surface area contributed by atoms with E-state index in [2.05, 4.69) is 133 Å². The van der Waals surface area contributed by atoms with Gasteiger partial charge in [-0.3, -0.25) is 19.2 Å². The number of carbonyl (C=O) groups is 4. The number of allylic oxidation sites excluding steroid dienone is 13. The van der Waals surface area contributed by atoms with Crippen molar-refractivity contribution < 1.29 is 43.2 Å². The Morgan fingerprint density at radius 3 is 1.31 bits per heavy atom. The van der Waals surface area contributed by atoms with E-state index in [0.29, 0.717) is 56.3 Å². The Labute approximate surface area is 665 Å². The second-order valence-electron chi connectivity index (χ2n) is 34.2. The number of hydrogen-bond acceptors (Lipinski definition) is 9. The van der Waals surface area contributed by atoms with Crippen molar-refractivity contribution in [3.8, 4) is 0 Å². The molecule has 8 atom stereocenters. The van der Waals surface area contributed by atoms with Gasteiger partial charge >= 0.3 is 23.9 Å². The van der Waals surface area contributed by atoms with E-state index >= 15 is 0 Å². The zero-order valence-electron chi connectivity index (χ0n) is 71.5. The minimum absolute atomic E-state index is 0.0396. The molecule has 1 N–H and O–H groups in total. The van der Waals surface area contributed by atoms with Crippen molar-refractivity contribution in [1.82, 2.24) is 0 Å². The van der Waals surface area contributed by atoms with Crippen LogP contribution in [0.25, 0.3) is 0 Å². The number of fused-ring (bicyclic) bond motifs is 1. The van der Waals surface area contributed by atoms with Gasteiger partial charge < -0.3 is 24.1 Å². The monoisotopic (exact) mass is 1500 g/mol. The molecule has 3 aliphatic carbocycles. The van der Waals surface area contributed by atoms with E-state index in [1.807, 2.05) is 13.8 Å². The minimum Gasteiger partial charge on any atom is -0.462 e. The average Bonchev–Trinajstić information content (AvgIpc) is 1.59. The summed E-state index contributed by atoms with van der Waals surface area (Å²) < 4.78 is 24.8. The second-order valence-corrected chi connectivity index (χ2v) is 34.2. The highest BCUT2D eigenvalue weighted by atomic mass is 16.6. The number of aliphatic hydroxyl groups is 1. The molecule has 0 aromatic rings. The molecule has 108 heavy (non-hydrogen) atoms. The molecule has 0 amide bonds. The zero-order chi connectivity index (χ0) is 78.2. The van der Waals surface area contributed by atoms with Crippen molar-refractivity contribution >= 4 is 23.9 Å². The SMILES string of the molecule is C=C1/C(=C\C=C2/CCC[C@]3(C)[C@@H]([C@H](C)CCCC(C)(C)O)CC[C@@H]23)C[C@@H](OC(=O)CCCCCCC/C=C\C[C@@H](CCCCCC)OC(=O)CCCCCCC/C=C\C/C=C\CCCCC)C[C@@H]1OC(=O)CCCCCCC/C=C\C[C@@H](CCCCCC)OC(=O)CCCCCCC/C=C\C/C=C\CCCCC. The van der Waals surface area contributed by atoms with Crippen LogP contribution in [0.1, 0.15) is 441 Å². The first-order chi connectivity index (χ1) is 52.5. The normalized spacial score (nSPS) is 20.2. The Balaban J connectivity index is 1.46. The van der Waals surface area contributed by atoms with Gasteiger partial charge in [0.05, 0.1) is 5.60 Å². The lowest BCUT2D eigenvalue weighted by Gasteiger charge is -2.44. The fraction of sp³-hybridized carbons (Fsp3) is 0.778. The highest BCUT2D eigenvalue weighted by Gasteiger charge is 2.50. The van der Waals surface area contributed by atoms with E-state index in [1.165, 1.54) is 160 Å². The van der Waals surface area contributed by atoms with E-state index in [9.17, 15) is 24.3 Å². The van der Waals surface area contributed by atoms with Crippen molar-refractivity contribution in [2.75, 3.05) is 0 Å². The first kappa shape index (κ1) is 97.7. The summed E-state index contributed by atoms with van der Waals surface area (Å²) >= 11 is 0. The molecular weight excluding hydrogens is 1330 g/mol. The molecule has 0 saturated heterocycles. The van der Waals surface area contributed by atoms with Gasteiger partial charge in [-0.2, -0.15) is 0 Å². The zero-order valence-corrected chi connectivity index (χ0v) is 71.5. The summed E-state index contributed by atoms with van der Waals surface area (Å²) in [6.45, 7) is 22.4. The Kier molecular flexibility index (Phi) is 58.8. The molecule has 0 bridgehead atoms. The van der Waals surface area contributed by atoms with Gasteiger partial charge in [-0.05, 0) is 228 Å². The van der Waals surface area contributed by atoms with Crippen molar-refractivity contribution in [1.29, 1.82) is 0 Å². The van der Waals surface area contributed by atoms with E-state index in [0.717, 1.165) is 204 Å². The quantitative estimate of drug-likeness (QED) is 0.0274. The smallest absolute Gasteiger partial charge is 0.306 e. The van der Waals surface area contributed by atoms with Crippen LogP contribution in [0.15, 0.2) is 108 Å². The molecule has 0 aliphatic heterocycles. The van der Waals surface area contributed by atoms with Crippen LogP contribution in [-0.2, 0) is 38.1 Å². The van der Waals surface area contributed by atoms with Crippen LogP contribution in [0, 0.1) is 23.2 Å². The van der Waals surface area contributed by atoms with Gasteiger partial charge in [-0.15, -0.1) is 0 Å². The topological polar surface area (TPSA) is 125 Å². The lowest BCUT2D eigenvalue weighted by molar-refractivity contribution is -0.155. The fourth-order valence-electron chi connectivity index (χ4n) is 16.9. The summed E-state index contributed by atoms with van der Waals surface area (Å²) in [6.07, 6.45) is 93.3. The van der Waals surface area contributed by atoms with E-state index < -0.39 is 17.8 Å². The fourth-order valence-corrected chi connectivity index (χ4v) is 16.9. The lowest BCUT2D eigenvalue weighted by Crippen LogP contribution is -2.36. The molecule has 3 aliphatic rings. The van der Waals surface area contributed by atoms with E-state index in [-0.39, 0.29) is 41.5 Å². The molecule has 0 aromatic heterocycles. The molecule has 9 nitrogen and oxygen atoms in total. The van der Waals surface area contributed by atoms with Gasteiger partial charge in [0.1, 0.15) is 24.4 Å². The maximum absolute atomic E-state index is 13.7. The number of esters is 4. The summed E-state index contributed by atoms with van der Waals surface area (Å²) in [5, 5.41) is 10.4. The van der Waals surface area contributed by atoms with Crippen LogP contribution >= 0.6 is 0 Å². The number of carbonyl (C=O) groups excluding carboxylic acids is 4. The number of hydrogen-bond donors (Lipinski definition) is 1. The standard InChI is InChI=1S/C99H168O9/c1-10-14-18-22-24-26-28-30-32-34-36-38-46-52-60-72-94(100)105-88(68-56-20-16-12-3)70-58-50-44-40-42-48-54-62-74-96(102)107-90-82-87(77-76-86-67-65-81-99(9)91(78-79-92(86)99)84(5)66-64-80-98(7,8)104)85(6)93(83-90)108-97(103)75-63-55-49-43-41-45-51-59-71-89(69-57-21-17-13-4)106-95(101)73-61-53-47-39-37-35-33-31-29-27-25-23-19-15-11-2/h24-27,30-33,50-51,58-59,76-77,84,88-93,104H,6,10-23,28-29,34-49,52-57,60-75,78-83H2,1-5,7-9H3/b26-24-,27-25-,32-30-,33-31-,58-50-,59-51-,86-76+,87-77-/t84-,88-,89-,90-,91-,92+,93+,99-/m1/s1. The molecule has 0 radical (unpaired) electrons. The predicted molar refractivity (Wildman–Crippen MR) is 460 cm³/mol. The second kappa shape index (κ2) is 65.0. The molecule has 0 spiro atoms. The summed E-state index contributed by atoms with van der Waals surface area (Å²) in [7, 11) is 0. The van der Waals surface area contributed by atoms with Gasteiger partial charge in [-0.1, -0.05) is 293 Å². The van der Waals surface area contributed by atoms with Crippen LogP contribution in [0.3, 0.4) is 0 Å². The Bertz CT molecular complexity index is 2550. The molecular formula is C99H168O9. The van der Waals surface area contributed by atoms with Crippen LogP contribution in [0.5, 0.6) is 0 Å². The third-order valence-electron chi connectivity index (χ3n) is 23.6. The number of unbranched alkanes of at least 4 members (excludes halogenated alkanes) is 32. The third kappa shape index (κ3) is 49.8. The maximum atomic E-state index is 13.7. The molecule has 0 unspecified atom stereocenters.